The monoisotopic (exact) mass is 466 g/mol. The fourth-order valence-corrected chi connectivity index (χ4v) is 7.40. The minimum Gasteiger partial charge on any atom is -0.480 e. The van der Waals surface area contributed by atoms with Gasteiger partial charge in [0, 0.05) is 12.1 Å². The van der Waals surface area contributed by atoms with Crippen LogP contribution in [0, 0.1) is 31.6 Å². The average molecular weight is 467 g/mol. The Kier molecular flexibility index (Phi) is 6.30. The lowest BCUT2D eigenvalue weighted by Gasteiger charge is -2.37. The molecule has 2 N–H and O–H groups in total. The van der Waals surface area contributed by atoms with Crippen molar-refractivity contribution in [2.24, 2.45) is 17.8 Å². The van der Waals surface area contributed by atoms with E-state index >= 15 is 0 Å². The number of likely N-dealkylation sites (tertiary alicyclic amines) is 1. The van der Waals surface area contributed by atoms with Crippen LogP contribution in [0.4, 0.5) is 0 Å². The number of nitrogens with one attached hydrogen (secondary N) is 1. The highest BCUT2D eigenvalue weighted by molar-refractivity contribution is 6.09. The van der Waals surface area contributed by atoms with Gasteiger partial charge in [-0.3, -0.25) is 24.6 Å². The predicted molar refractivity (Wildman–Crippen MR) is 129 cm³/mol. The Hall–Kier alpha value is -2.21. The number of aliphatic carboxylic acids is 1. The topological polar surface area (TPSA) is 86.7 Å². The first-order valence-electron chi connectivity index (χ1n) is 13.3. The molecule has 2 amide bonds. The van der Waals surface area contributed by atoms with Gasteiger partial charge in [0.25, 0.3) is 0 Å². The van der Waals surface area contributed by atoms with Gasteiger partial charge in [-0.15, -0.1) is 0 Å². The molecular weight excluding hydrogens is 428 g/mol. The van der Waals surface area contributed by atoms with E-state index in [9.17, 15) is 19.5 Å². The third kappa shape index (κ3) is 3.78. The van der Waals surface area contributed by atoms with Gasteiger partial charge in [-0.05, 0) is 50.2 Å². The molecule has 0 bridgehead atoms. The first-order chi connectivity index (χ1) is 16.3. The molecule has 34 heavy (non-hydrogen) atoms. The zero-order valence-electron chi connectivity index (χ0n) is 20.5. The van der Waals surface area contributed by atoms with Gasteiger partial charge in [0.05, 0.1) is 11.8 Å². The standard InChI is InChI=1S/C28H38N2O4/c1-17-13-14-18(2)21(15-17)24-22-23(26(32)30(25(22)31)20-11-7-4-8-12-20)28(29-24,27(33)34)16-19-9-5-3-6-10-19/h13-15,19-20,22-24,29H,3-12,16H2,1-2H3,(H,33,34). The van der Waals surface area contributed by atoms with E-state index in [1.54, 1.807) is 0 Å². The molecule has 1 aromatic rings. The van der Waals surface area contributed by atoms with E-state index in [1.165, 1.54) is 11.3 Å². The maximum atomic E-state index is 14.0. The summed E-state index contributed by atoms with van der Waals surface area (Å²) < 4.78 is 0. The molecule has 4 unspecified atom stereocenters. The Bertz CT molecular complexity index is 979. The Morgan fingerprint density at radius 2 is 1.65 bits per heavy atom. The molecule has 2 heterocycles. The zero-order chi connectivity index (χ0) is 24.0. The number of carbonyl (C=O) groups is 3. The number of imide groups is 1. The van der Waals surface area contributed by atoms with E-state index in [0.29, 0.717) is 6.42 Å². The molecule has 2 saturated heterocycles. The number of carbonyl (C=O) groups excluding carboxylic acids is 2. The van der Waals surface area contributed by atoms with E-state index in [1.807, 2.05) is 26.0 Å². The van der Waals surface area contributed by atoms with Crippen LogP contribution in [0.15, 0.2) is 18.2 Å². The van der Waals surface area contributed by atoms with Crippen LogP contribution in [0.5, 0.6) is 0 Å². The maximum absolute atomic E-state index is 14.0. The van der Waals surface area contributed by atoms with E-state index in [4.69, 9.17) is 0 Å². The van der Waals surface area contributed by atoms with Crippen LogP contribution >= 0.6 is 0 Å². The highest BCUT2D eigenvalue weighted by Crippen LogP contribution is 2.53. The molecule has 0 radical (unpaired) electrons. The zero-order valence-corrected chi connectivity index (χ0v) is 20.5. The Morgan fingerprint density at radius 1 is 1.00 bits per heavy atom. The summed E-state index contributed by atoms with van der Waals surface area (Å²) in [5.41, 5.74) is 1.65. The largest absolute Gasteiger partial charge is 0.480 e. The number of carboxylic acid groups (broad SMARTS) is 1. The van der Waals surface area contributed by atoms with Crippen LogP contribution in [0.25, 0.3) is 0 Å². The number of nitrogens with zero attached hydrogens (tertiary/aromatic N) is 1. The van der Waals surface area contributed by atoms with Crippen molar-refractivity contribution in [3.05, 3.63) is 34.9 Å². The number of benzene rings is 1. The van der Waals surface area contributed by atoms with Crippen LogP contribution in [0.2, 0.25) is 0 Å². The molecule has 2 saturated carbocycles. The molecule has 0 aromatic heterocycles. The molecule has 4 aliphatic rings. The van der Waals surface area contributed by atoms with E-state index in [0.717, 1.165) is 74.5 Å². The van der Waals surface area contributed by atoms with Gasteiger partial charge in [0.15, 0.2) is 0 Å². The van der Waals surface area contributed by atoms with Crippen molar-refractivity contribution in [1.82, 2.24) is 10.2 Å². The molecule has 4 atom stereocenters. The van der Waals surface area contributed by atoms with Crippen molar-refractivity contribution in [3.63, 3.8) is 0 Å². The minimum atomic E-state index is -1.40. The minimum absolute atomic E-state index is 0.0835. The first kappa shape index (κ1) is 23.5. The van der Waals surface area contributed by atoms with Gasteiger partial charge in [-0.2, -0.15) is 0 Å². The lowest BCUT2D eigenvalue weighted by atomic mass is 9.72. The number of hydrogen-bond acceptors (Lipinski definition) is 4. The van der Waals surface area contributed by atoms with Crippen LogP contribution in [-0.2, 0) is 14.4 Å². The van der Waals surface area contributed by atoms with Crippen molar-refractivity contribution < 1.29 is 19.5 Å². The highest BCUT2D eigenvalue weighted by Gasteiger charge is 2.69. The molecule has 0 spiro atoms. The average Bonchev–Trinajstić information content (AvgIpc) is 3.31. The number of rotatable bonds is 5. The number of amides is 2. The number of hydrogen-bond donors (Lipinski definition) is 2. The van der Waals surface area contributed by atoms with Gasteiger partial charge in [0.2, 0.25) is 11.8 Å². The summed E-state index contributed by atoms with van der Waals surface area (Å²) in [5, 5.41) is 14.1. The molecule has 2 aliphatic carbocycles. The van der Waals surface area contributed by atoms with Gasteiger partial charge >= 0.3 is 5.97 Å². The van der Waals surface area contributed by atoms with Gasteiger partial charge < -0.3 is 5.11 Å². The highest BCUT2D eigenvalue weighted by atomic mass is 16.4. The number of fused-ring (bicyclic) bond motifs is 1. The summed E-state index contributed by atoms with van der Waals surface area (Å²) >= 11 is 0. The van der Waals surface area contributed by atoms with Crippen LogP contribution in [0.3, 0.4) is 0 Å². The molecule has 6 heteroatoms. The molecule has 2 aliphatic heterocycles. The van der Waals surface area contributed by atoms with Gasteiger partial charge in [-0.1, -0.05) is 75.1 Å². The molecule has 6 nitrogen and oxygen atoms in total. The molecule has 5 rings (SSSR count). The lowest BCUT2D eigenvalue weighted by Crippen LogP contribution is -2.57. The van der Waals surface area contributed by atoms with E-state index in [2.05, 4.69) is 11.4 Å². The van der Waals surface area contributed by atoms with E-state index in [-0.39, 0.29) is 23.8 Å². The third-order valence-corrected chi connectivity index (χ3v) is 9.11. The SMILES string of the molecule is Cc1ccc(C)c(C2NC(CC3CCCCC3)(C(=O)O)C3C(=O)N(C4CCCCC4)C(=O)C23)c1. The second-order valence-electron chi connectivity index (χ2n) is 11.3. The molecular formula is C28H38N2O4. The third-order valence-electron chi connectivity index (χ3n) is 9.11. The first-order valence-corrected chi connectivity index (χ1v) is 13.3. The second kappa shape index (κ2) is 9.10. The van der Waals surface area contributed by atoms with Crippen LogP contribution in [-0.4, -0.2) is 39.4 Å². The summed E-state index contributed by atoms with van der Waals surface area (Å²) in [4.78, 5) is 42.5. The Labute approximate surface area is 202 Å². The summed E-state index contributed by atoms with van der Waals surface area (Å²) in [6.07, 6.45) is 10.6. The Balaban J connectivity index is 1.59. The van der Waals surface area contributed by atoms with E-state index < -0.39 is 29.4 Å². The molecule has 184 valence electrons. The molecule has 4 fully saturated rings. The van der Waals surface area contributed by atoms with Gasteiger partial charge in [-0.25, -0.2) is 0 Å². The maximum Gasteiger partial charge on any atom is 0.324 e. The quantitative estimate of drug-likeness (QED) is 0.616. The normalized spacial score (nSPS) is 32.9. The lowest BCUT2D eigenvalue weighted by molar-refractivity contribution is -0.153. The van der Waals surface area contributed by atoms with Gasteiger partial charge in [0.1, 0.15) is 5.54 Å². The Morgan fingerprint density at radius 3 is 2.29 bits per heavy atom. The summed E-state index contributed by atoms with van der Waals surface area (Å²) in [6, 6.07) is 5.58. The van der Waals surface area contributed by atoms with Crippen molar-refractivity contribution in [1.29, 1.82) is 0 Å². The smallest absolute Gasteiger partial charge is 0.324 e. The predicted octanol–water partition coefficient (Wildman–Crippen LogP) is 4.68. The molecule has 1 aromatic carbocycles. The fraction of sp³-hybridized carbons (Fsp3) is 0.679. The fourth-order valence-electron chi connectivity index (χ4n) is 7.40. The van der Waals surface area contributed by atoms with Crippen LogP contribution in [0.1, 0.15) is 93.4 Å². The van der Waals surface area contributed by atoms with Crippen molar-refractivity contribution in [3.8, 4) is 0 Å². The number of aryl methyl sites for hydroxylation is 2. The van der Waals surface area contributed by atoms with Crippen molar-refractivity contribution in [2.45, 2.75) is 102 Å². The van der Waals surface area contributed by atoms with Crippen molar-refractivity contribution >= 4 is 17.8 Å². The summed E-state index contributed by atoms with van der Waals surface area (Å²) in [6.45, 7) is 4.02. The summed E-state index contributed by atoms with van der Waals surface area (Å²) in [7, 11) is 0. The van der Waals surface area contributed by atoms with Crippen LogP contribution < -0.4 is 5.32 Å². The number of carboxylic acids is 1. The summed E-state index contributed by atoms with van der Waals surface area (Å²) in [5.74, 6) is -2.62. The second-order valence-corrected chi connectivity index (χ2v) is 11.3. The van der Waals surface area contributed by atoms with Crippen molar-refractivity contribution in [2.75, 3.05) is 0 Å².